The van der Waals surface area contributed by atoms with Crippen molar-refractivity contribution < 1.29 is 14.7 Å². The molecule has 0 amide bonds. The van der Waals surface area contributed by atoms with E-state index in [2.05, 4.69) is 47.5 Å². The number of rotatable bonds is 7. The lowest BCUT2D eigenvalue weighted by molar-refractivity contribution is -0.143. The first kappa shape index (κ1) is 22.4. The van der Waals surface area contributed by atoms with E-state index >= 15 is 0 Å². The molecule has 0 radical (unpaired) electrons. The van der Waals surface area contributed by atoms with Crippen molar-refractivity contribution in [1.29, 1.82) is 0 Å². The number of piperidine rings is 1. The van der Waals surface area contributed by atoms with Gasteiger partial charge in [0.25, 0.3) is 0 Å². The summed E-state index contributed by atoms with van der Waals surface area (Å²) in [6, 6.07) is 10.3. The van der Waals surface area contributed by atoms with Crippen LogP contribution in [0.4, 0.5) is 0 Å². The molecule has 2 heterocycles. The molecule has 1 atom stereocenters. The molecule has 1 aromatic carbocycles. The van der Waals surface area contributed by atoms with Gasteiger partial charge in [0.1, 0.15) is 12.3 Å². The van der Waals surface area contributed by atoms with Crippen LogP contribution in [-0.4, -0.2) is 47.9 Å². The number of halogens is 1. The van der Waals surface area contributed by atoms with Gasteiger partial charge in [0.2, 0.25) is 0 Å². The summed E-state index contributed by atoms with van der Waals surface area (Å²) in [6.07, 6.45) is 1.68. The number of likely N-dealkylation sites (tertiary alicyclic amines) is 1. The number of hydrogen-bond donors (Lipinski definition) is 1. The van der Waals surface area contributed by atoms with Crippen molar-refractivity contribution in [3.8, 4) is 0 Å². The van der Waals surface area contributed by atoms with Gasteiger partial charge in [-0.05, 0) is 55.8 Å². The minimum Gasteiger partial charge on any atom is -0.481 e. The number of thiophene rings is 1. The van der Waals surface area contributed by atoms with Crippen LogP contribution in [0.5, 0.6) is 0 Å². The Labute approximate surface area is 176 Å². The molecule has 1 fully saturated rings. The number of carbonyl (C=O) groups is 1. The zero-order valence-corrected chi connectivity index (χ0v) is 17.9. The van der Waals surface area contributed by atoms with Gasteiger partial charge in [-0.25, -0.2) is 0 Å². The quantitative estimate of drug-likeness (QED) is 0.409. The average molecular weight is 423 g/mol. The topological polar surface area (TPSA) is 62.1 Å². The number of carboxylic acids is 1. The SMILES string of the molecule is Cc1csc(/C(=N\OCCN2CCC[C@@H](C(=O)O)C2)c2ccccc2C)c1.Cl. The van der Waals surface area contributed by atoms with Crippen LogP contribution in [0.15, 0.2) is 40.9 Å². The summed E-state index contributed by atoms with van der Waals surface area (Å²) in [6.45, 7) is 6.81. The normalized spacial score (nSPS) is 17.8. The van der Waals surface area contributed by atoms with Gasteiger partial charge in [0, 0.05) is 18.7 Å². The molecule has 0 saturated carbocycles. The van der Waals surface area contributed by atoms with Crippen molar-refractivity contribution >= 4 is 35.4 Å². The largest absolute Gasteiger partial charge is 0.481 e. The molecule has 28 heavy (non-hydrogen) atoms. The molecule has 1 aromatic heterocycles. The Balaban J connectivity index is 0.00000280. The maximum Gasteiger partial charge on any atom is 0.307 e. The molecule has 0 unspecified atom stereocenters. The standard InChI is InChI=1S/C21H26N2O3S.ClH/c1-15-12-19(27-14-15)20(18-8-4-3-6-16(18)2)22-26-11-10-23-9-5-7-17(13-23)21(24)25;/h3-4,6,8,12,14,17H,5,7,9-11,13H2,1-2H3,(H,24,25);1H/b22-20-;/t17-;/m1./s1. The van der Waals surface area contributed by atoms with Crippen molar-refractivity contribution in [1.82, 2.24) is 4.90 Å². The monoisotopic (exact) mass is 422 g/mol. The lowest BCUT2D eigenvalue weighted by Crippen LogP contribution is -2.40. The Bertz CT molecular complexity index is 821. The molecule has 7 heteroatoms. The first-order chi connectivity index (χ1) is 13.0. The molecule has 1 aliphatic heterocycles. The number of hydrogen-bond acceptors (Lipinski definition) is 5. The van der Waals surface area contributed by atoms with Crippen molar-refractivity contribution in [3.05, 3.63) is 57.3 Å². The highest BCUT2D eigenvalue weighted by molar-refractivity contribution is 7.12. The molecule has 1 N–H and O–H groups in total. The highest BCUT2D eigenvalue weighted by Gasteiger charge is 2.25. The molecular formula is C21H27ClN2O3S. The Morgan fingerprint density at radius 1 is 1.36 bits per heavy atom. The summed E-state index contributed by atoms with van der Waals surface area (Å²) in [5, 5.41) is 15.8. The third kappa shape index (κ3) is 5.80. The first-order valence-electron chi connectivity index (χ1n) is 9.31. The zero-order valence-electron chi connectivity index (χ0n) is 16.3. The molecule has 2 aromatic rings. The van der Waals surface area contributed by atoms with Crippen LogP contribution in [0.3, 0.4) is 0 Å². The van der Waals surface area contributed by atoms with E-state index < -0.39 is 5.97 Å². The van der Waals surface area contributed by atoms with Crippen molar-refractivity contribution in [2.24, 2.45) is 11.1 Å². The fourth-order valence-electron chi connectivity index (χ4n) is 3.36. The maximum absolute atomic E-state index is 11.2. The molecule has 0 aliphatic carbocycles. The van der Waals surface area contributed by atoms with Crippen LogP contribution in [0.25, 0.3) is 0 Å². The van der Waals surface area contributed by atoms with Gasteiger partial charge in [-0.15, -0.1) is 23.7 Å². The number of aryl methyl sites for hydroxylation is 2. The van der Waals surface area contributed by atoms with E-state index in [0.717, 1.165) is 41.1 Å². The van der Waals surface area contributed by atoms with Gasteiger partial charge in [0.15, 0.2) is 0 Å². The Morgan fingerprint density at radius 2 is 2.14 bits per heavy atom. The van der Waals surface area contributed by atoms with Gasteiger partial charge < -0.3 is 9.94 Å². The third-order valence-electron chi connectivity index (χ3n) is 4.87. The minimum atomic E-state index is -0.700. The Morgan fingerprint density at radius 3 is 2.82 bits per heavy atom. The van der Waals surface area contributed by atoms with Gasteiger partial charge in [0.05, 0.1) is 10.8 Å². The van der Waals surface area contributed by atoms with E-state index in [0.29, 0.717) is 19.7 Å². The Kier molecular flexibility index (Phi) is 8.48. The molecule has 1 aliphatic rings. The van der Waals surface area contributed by atoms with Gasteiger partial charge in [-0.3, -0.25) is 9.69 Å². The third-order valence-corrected chi connectivity index (χ3v) is 5.93. The lowest BCUT2D eigenvalue weighted by Gasteiger charge is -2.29. The van der Waals surface area contributed by atoms with Gasteiger partial charge >= 0.3 is 5.97 Å². The van der Waals surface area contributed by atoms with E-state index in [4.69, 9.17) is 4.84 Å². The summed E-state index contributed by atoms with van der Waals surface area (Å²) in [5.41, 5.74) is 4.30. The van der Waals surface area contributed by atoms with Crippen LogP contribution in [0.1, 0.15) is 34.4 Å². The highest BCUT2D eigenvalue weighted by atomic mass is 35.5. The molecule has 0 bridgehead atoms. The second-order valence-electron chi connectivity index (χ2n) is 7.05. The number of benzene rings is 1. The molecule has 1 saturated heterocycles. The molecule has 152 valence electrons. The number of aliphatic carboxylic acids is 1. The predicted molar refractivity (Wildman–Crippen MR) is 116 cm³/mol. The molecule has 0 spiro atoms. The number of carboxylic acid groups (broad SMARTS) is 1. The average Bonchev–Trinajstić information content (AvgIpc) is 3.09. The number of nitrogens with zero attached hydrogens (tertiary/aromatic N) is 2. The fraction of sp³-hybridized carbons (Fsp3) is 0.429. The first-order valence-corrected chi connectivity index (χ1v) is 10.2. The van der Waals surface area contributed by atoms with E-state index in [1.54, 1.807) is 11.3 Å². The lowest BCUT2D eigenvalue weighted by atomic mass is 9.98. The zero-order chi connectivity index (χ0) is 19.2. The van der Waals surface area contributed by atoms with Crippen LogP contribution < -0.4 is 0 Å². The number of oxime groups is 1. The summed E-state index contributed by atoms with van der Waals surface area (Å²) in [7, 11) is 0. The second-order valence-corrected chi connectivity index (χ2v) is 7.97. The molecular weight excluding hydrogens is 396 g/mol. The van der Waals surface area contributed by atoms with Crippen LogP contribution >= 0.6 is 23.7 Å². The molecule has 3 rings (SSSR count). The maximum atomic E-state index is 11.2. The van der Waals surface area contributed by atoms with Crippen molar-refractivity contribution in [2.75, 3.05) is 26.2 Å². The summed E-state index contributed by atoms with van der Waals surface area (Å²) < 4.78 is 0. The van der Waals surface area contributed by atoms with Gasteiger partial charge in [-0.2, -0.15) is 0 Å². The summed E-state index contributed by atoms with van der Waals surface area (Å²) >= 11 is 1.66. The summed E-state index contributed by atoms with van der Waals surface area (Å²) in [4.78, 5) is 20.1. The van der Waals surface area contributed by atoms with Crippen LogP contribution in [0.2, 0.25) is 0 Å². The van der Waals surface area contributed by atoms with E-state index in [-0.39, 0.29) is 18.3 Å². The van der Waals surface area contributed by atoms with Gasteiger partial charge in [-0.1, -0.05) is 29.4 Å². The van der Waals surface area contributed by atoms with Crippen LogP contribution in [-0.2, 0) is 9.63 Å². The van der Waals surface area contributed by atoms with E-state index in [1.807, 2.05) is 12.1 Å². The highest BCUT2D eigenvalue weighted by Crippen LogP contribution is 2.21. The van der Waals surface area contributed by atoms with Crippen molar-refractivity contribution in [3.63, 3.8) is 0 Å². The Hall–Kier alpha value is -1.89. The fourth-order valence-corrected chi connectivity index (χ4v) is 4.25. The summed E-state index contributed by atoms with van der Waals surface area (Å²) in [5.74, 6) is -0.965. The minimum absolute atomic E-state index is 0. The second kappa shape index (κ2) is 10.6. The van der Waals surface area contributed by atoms with Crippen molar-refractivity contribution in [2.45, 2.75) is 26.7 Å². The smallest absolute Gasteiger partial charge is 0.307 e. The van der Waals surface area contributed by atoms with E-state index in [9.17, 15) is 9.90 Å². The predicted octanol–water partition coefficient (Wildman–Crippen LogP) is 4.35. The van der Waals surface area contributed by atoms with E-state index in [1.165, 1.54) is 5.56 Å². The molecule has 5 nitrogen and oxygen atoms in total. The van der Waals surface area contributed by atoms with Crippen LogP contribution in [0, 0.1) is 19.8 Å².